The van der Waals surface area contributed by atoms with Crippen LogP contribution in [0.5, 0.6) is 0 Å². The lowest BCUT2D eigenvalue weighted by Gasteiger charge is -2.31. The number of carbonyl (C=O) groups is 2. The molecule has 0 heterocycles. The molecule has 0 aliphatic rings. The Balaban J connectivity index is 1.51. The summed E-state index contributed by atoms with van der Waals surface area (Å²) in [6.07, 6.45) is 0.682. The van der Waals surface area contributed by atoms with Crippen LogP contribution in [0.4, 0.5) is 16.2 Å². The van der Waals surface area contributed by atoms with E-state index in [9.17, 15) is 9.59 Å². The van der Waals surface area contributed by atoms with Crippen molar-refractivity contribution in [3.05, 3.63) is 142 Å². The van der Waals surface area contributed by atoms with Gasteiger partial charge in [0, 0.05) is 12.6 Å². The maximum atomic E-state index is 14.4. The van der Waals surface area contributed by atoms with E-state index < -0.39 is 6.03 Å². The molecule has 0 fully saturated rings. The zero-order chi connectivity index (χ0) is 28.8. The average molecular weight is 583 g/mol. The third-order valence-electron chi connectivity index (χ3n) is 6.93. The Kier molecular flexibility index (Phi) is 8.88. The monoisotopic (exact) mass is 581 g/mol. The highest BCUT2D eigenvalue weighted by Crippen LogP contribution is 2.31. The molecule has 0 aliphatic heterocycles. The largest absolute Gasteiger partial charge is 0.331 e. The first-order chi connectivity index (χ1) is 19.9. The van der Waals surface area contributed by atoms with Gasteiger partial charge in [0.05, 0.1) is 27.0 Å². The van der Waals surface area contributed by atoms with E-state index in [-0.39, 0.29) is 11.9 Å². The van der Waals surface area contributed by atoms with E-state index in [1.807, 2.05) is 96.8 Å². The van der Waals surface area contributed by atoms with Crippen LogP contribution in [0, 0.1) is 0 Å². The second-order valence-corrected chi connectivity index (χ2v) is 10.7. The lowest BCUT2D eigenvalue weighted by molar-refractivity contribution is 0.0676. The Morgan fingerprint density at radius 1 is 0.707 bits per heavy atom. The predicted octanol–water partition coefficient (Wildman–Crippen LogP) is 9.06. The molecule has 5 aromatic carbocycles. The average Bonchev–Trinajstić information content (AvgIpc) is 2.98. The van der Waals surface area contributed by atoms with Crippen molar-refractivity contribution in [1.82, 2.24) is 4.90 Å². The van der Waals surface area contributed by atoms with E-state index in [1.165, 1.54) is 0 Å². The lowest BCUT2D eigenvalue weighted by Crippen LogP contribution is -2.40. The SMILES string of the molecule is CC(Cc1ccccc1)N(Cc1ccccc1)C(=O)c1cc2ccccc2cc1NC(=O)Nc1c(Cl)cccc1Cl. The van der Waals surface area contributed by atoms with Crippen molar-refractivity contribution in [3.63, 3.8) is 0 Å². The van der Waals surface area contributed by atoms with Crippen molar-refractivity contribution in [2.24, 2.45) is 0 Å². The van der Waals surface area contributed by atoms with Crippen molar-refractivity contribution >= 4 is 57.3 Å². The highest BCUT2D eigenvalue weighted by molar-refractivity contribution is 6.39. The van der Waals surface area contributed by atoms with Crippen molar-refractivity contribution < 1.29 is 9.59 Å². The molecular formula is C34H29Cl2N3O2. The number of nitrogens with one attached hydrogen (secondary N) is 2. The van der Waals surface area contributed by atoms with Gasteiger partial charge in [0.2, 0.25) is 0 Å². The number of hydrogen-bond acceptors (Lipinski definition) is 2. The number of nitrogens with zero attached hydrogens (tertiary/aromatic N) is 1. The molecule has 0 radical (unpaired) electrons. The highest BCUT2D eigenvalue weighted by Gasteiger charge is 2.26. The van der Waals surface area contributed by atoms with Gasteiger partial charge in [0.1, 0.15) is 0 Å². The fourth-order valence-corrected chi connectivity index (χ4v) is 5.32. The summed E-state index contributed by atoms with van der Waals surface area (Å²) in [5.41, 5.74) is 3.23. The summed E-state index contributed by atoms with van der Waals surface area (Å²) in [5.74, 6) is -0.186. The molecule has 2 N–H and O–H groups in total. The quantitative estimate of drug-likeness (QED) is 0.192. The Labute approximate surface area is 249 Å². The molecule has 1 unspecified atom stereocenters. The van der Waals surface area contributed by atoms with Gasteiger partial charge >= 0.3 is 6.03 Å². The summed E-state index contributed by atoms with van der Waals surface area (Å²) in [7, 11) is 0. The van der Waals surface area contributed by atoms with Crippen molar-refractivity contribution in [3.8, 4) is 0 Å². The molecule has 5 aromatic rings. The van der Waals surface area contributed by atoms with Crippen molar-refractivity contribution in [1.29, 1.82) is 0 Å². The van der Waals surface area contributed by atoms with E-state index in [0.29, 0.717) is 39.9 Å². The van der Waals surface area contributed by atoms with Gasteiger partial charge in [-0.2, -0.15) is 0 Å². The second-order valence-electron chi connectivity index (χ2n) is 9.88. The van der Waals surface area contributed by atoms with Gasteiger partial charge in [-0.15, -0.1) is 0 Å². The normalized spacial score (nSPS) is 11.6. The van der Waals surface area contributed by atoms with Crippen LogP contribution in [0.25, 0.3) is 10.8 Å². The number of fused-ring (bicyclic) bond motifs is 1. The molecule has 5 nitrogen and oxygen atoms in total. The van der Waals surface area contributed by atoms with E-state index in [0.717, 1.165) is 21.9 Å². The minimum Gasteiger partial charge on any atom is -0.331 e. The maximum Gasteiger partial charge on any atom is 0.323 e. The van der Waals surface area contributed by atoms with Gasteiger partial charge in [0.15, 0.2) is 0 Å². The Morgan fingerprint density at radius 2 is 1.27 bits per heavy atom. The van der Waals surface area contributed by atoms with Crippen LogP contribution in [0.3, 0.4) is 0 Å². The minimum absolute atomic E-state index is 0.125. The summed E-state index contributed by atoms with van der Waals surface area (Å²) in [6.45, 7) is 2.47. The number of carbonyl (C=O) groups excluding carboxylic acids is 2. The number of amides is 3. The summed E-state index contributed by atoms with van der Waals surface area (Å²) < 4.78 is 0. The number of para-hydroxylation sites is 1. The minimum atomic E-state index is -0.559. The Morgan fingerprint density at radius 3 is 1.90 bits per heavy atom. The summed E-state index contributed by atoms with van der Waals surface area (Å²) in [5, 5.41) is 8.01. The molecule has 1 atom stereocenters. The smallest absolute Gasteiger partial charge is 0.323 e. The molecule has 7 heteroatoms. The van der Waals surface area contributed by atoms with E-state index in [1.54, 1.807) is 18.2 Å². The molecular weight excluding hydrogens is 553 g/mol. The van der Waals surface area contributed by atoms with Crippen LogP contribution in [-0.2, 0) is 13.0 Å². The molecule has 3 amide bonds. The lowest BCUT2D eigenvalue weighted by atomic mass is 10.0. The number of urea groups is 1. The van der Waals surface area contributed by atoms with Gasteiger partial charge in [-0.3, -0.25) is 4.79 Å². The topological polar surface area (TPSA) is 61.4 Å². The molecule has 0 aromatic heterocycles. The van der Waals surface area contributed by atoms with Crippen LogP contribution in [0.1, 0.15) is 28.4 Å². The van der Waals surface area contributed by atoms with Crippen LogP contribution < -0.4 is 10.6 Å². The number of hydrogen-bond donors (Lipinski definition) is 2. The number of halogens is 2. The summed E-state index contributed by atoms with van der Waals surface area (Å²) >= 11 is 12.5. The van der Waals surface area contributed by atoms with Crippen LogP contribution in [-0.4, -0.2) is 22.9 Å². The van der Waals surface area contributed by atoms with Gasteiger partial charge in [-0.05, 0) is 59.5 Å². The van der Waals surface area contributed by atoms with Gasteiger partial charge < -0.3 is 15.5 Å². The second kappa shape index (κ2) is 12.9. The third kappa shape index (κ3) is 6.88. The maximum absolute atomic E-state index is 14.4. The highest BCUT2D eigenvalue weighted by atomic mass is 35.5. The summed E-state index contributed by atoms with van der Waals surface area (Å²) in [4.78, 5) is 29.4. The van der Waals surface area contributed by atoms with Crippen LogP contribution in [0.15, 0.2) is 115 Å². The fourth-order valence-electron chi connectivity index (χ4n) is 4.83. The van der Waals surface area contributed by atoms with Gasteiger partial charge in [-0.25, -0.2) is 4.79 Å². The van der Waals surface area contributed by atoms with E-state index in [4.69, 9.17) is 23.2 Å². The van der Waals surface area contributed by atoms with E-state index >= 15 is 0 Å². The van der Waals surface area contributed by atoms with Crippen molar-refractivity contribution in [2.45, 2.75) is 25.9 Å². The summed E-state index contributed by atoms with van der Waals surface area (Å²) in [6, 6.07) is 35.7. The zero-order valence-corrected chi connectivity index (χ0v) is 24.0. The predicted molar refractivity (Wildman–Crippen MR) is 169 cm³/mol. The third-order valence-corrected chi connectivity index (χ3v) is 7.56. The molecule has 0 saturated heterocycles. The molecule has 206 valence electrons. The van der Waals surface area contributed by atoms with Gasteiger partial charge in [0.25, 0.3) is 5.91 Å². The molecule has 0 bridgehead atoms. The Hall–Kier alpha value is -4.32. The van der Waals surface area contributed by atoms with Crippen LogP contribution >= 0.6 is 23.2 Å². The number of anilines is 2. The van der Waals surface area contributed by atoms with E-state index in [2.05, 4.69) is 22.8 Å². The number of rotatable bonds is 8. The van der Waals surface area contributed by atoms with Gasteiger partial charge in [-0.1, -0.05) is 114 Å². The van der Waals surface area contributed by atoms with Crippen molar-refractivity contribution in [2.75, 3.05) is 10.6 Å². The zero-order valence-electron chi connectivity index (χ0n) is 22.5. The van der Waals surface area contributed by atoms with Crippen LogP contribution in [0.2, 0.25) is 10.0 Å². The first kappa shape index (κ1) is 28.2. The molecule has 0 spiro atoms. The molecule has 0 aliphatic carbocycles. The first-order valence-electron chi connectivity index (χ1n) is 13.3. The molecule has 5 rings (SSSR count). The first-order valence-corrected chi connectivity index (χ1v) is 14.1. The molecule has 41 heavy (non-hydrogen) atoms. The number of benzene rings is 5. The molecule has 0 saturated carbocycles. The fraction of sp³-hybridized carbons (Fsp3) is 0.118. The Bertz CT molecular complexity index is 1660. The standard InChI is InChI=1S/C34H29Cl2N3O2/c1-23(19-24-11-4-2-5-12-24)39(22-25-13-6-3-7-14-25)33(40)28-20-26-15-8-9-16-27(26)21-31(28)37-34(41)38-32-29(35)17-10-18-30(32)36/h2-18,20-21,23H,19,22H2,1H3,(H2,37,38,41).